The first-order valence-corrected chi connectivity index (χ1v) is 6.74. The molecule has 1 aromatic carbocycles. The fourth-order valence-corrected chi connectivity index (χ4v) is 2.56. The predicted molar refractivity (Wildman–Crippen MR) is 73.3 cm³/mol. The van der Waals surface area contributed by atoms with E-state index in [9.17, 15) is 0 Å². The van der Waals surface area contributed by atoms with Gasteiger partial charge in [-0.15, -0.1) is 0 Å². The summed E-state index contributed by atoms with van der Waals surface area (Å²) >= 11 is 3.50. The number of unbranched alkanes of at least 4 members (excludes halogenated alkanes) is 1. The van der Waals surface area contributed by atoms with Crippen LogP contribution in [0.25, 0.3) is 6.08 Å². The standard InChI is InChI=1S/C14H18BrN/c1-2-3-4-14(16)12-7-10-5-6-13(15)9-11(10)8-12/h5-6,8-9,14H,2-4,7,16H2,1H3. The van der Waals surface area contributed by atoms with Gasteiger partial charge in [0.15, 0.2) is 0 Å². The summed E-state index contributed by atoms with van der Waals surface area (Å²) in [5.41, 5.74) is 10.3. The Labute approximate surface area is 106 Å². The minimum absolute atomic E-state index is 0.242. The number of rotatable bonds is 4. The van der Waals surface area contributed by atoms with Crippen LogP contribution in [0.5, 0.6) is 0 Å². The van der Waals surface area contributed by atoms with E-state index in [1.54, 1.807) is 0 Å². The van der Waals surface area contributed by atoms with Crippen molar-refractivity contribution in [1.82, 2.24) is 0 Å². The highest BCUT2D eigenvalue weighted by atomic mass is 79.9. The first-order chi connectivity index (χ1) is 7.70. The summed E-state index contributed by atoms with van der Waals surface area (Å²) < 4.78 is 1.14. The van der Waals surface area contributed by atoms with Crippen molar-refractivity contribution in [3.05, 3.63) is 39.4 Å². The molecule has 1 nitrogen and oxygen atoms in total. The molecule has 1 atom stereocenters. The summed E-state index contributed by atoms with van der Waals surface area (Å²) in [5, 5.41) is 0. The quantitative estimate of drug-likeness (QED) is 0.889. The van der Waals surface area contributed by atoms with E-state index in [1.165, 1.54) is 29.5 Å². The number of hydrogen-bond acceptors (Lipinski definition) is 1. The second kappa shape index (κ2) is 5.15. The average Bonchev–Trinajstić information content (AvgIpc) is 2.68. The van der Waals surface area contributed by atoms with Crippen LogP contribution < -0.4 is 5.73 Å². The van der Waals surface area contributed by atoms with Gasteiger partial charge in [-0.25, -0.2) is 0 Å². The van der Waals surface area contributed by atoms with Gasteiger partial charge < -0.3 is 5.73 Å². The molecule has 1 aromatic rings. The molecule has 2 heteroatoms. The maximum atomic E-state index is 6.20. The number of halogens is 1. The molecule has 0 bridgehead atoms. The summed E-state index contributed by atoms with van der Waals surface area (Å²) in [4.78, 5) is 0. The Kier molecular flexibility index (Phi) is 3.82. The summed E-state index contributed by atoms with van der Waals surface area (Å²) in [5.74, 6) is 0. The molecule has 1 unspecified atom stereocenters. The fraction of sp³-hybridized carbons (Fsp3) is 0.429. The molecule has 2 rings (SSSR count). The normalized spacial score (nSPS) is 15.8. The molecule has 0 amide bonds. The minimum atomic E-state index is 0.242. The van der Waals surface area contributed by atoms with Crippen molar-refractivity contribution in [3.63, 3.8) is 0 Å². The van der Waals surface area contributed by atoms with Crippen LogP contribution in [0.3, 0.4) is 0 Å². The minimum Gasteiger partial charge on any atom is -0.324 e. The molecule has 0 saturated heterocycles. The monoisotopic (exact) mass is 279 g/mol. The largest absolute Gasteiger partial charge is 0.324 e. The van der Waals surface area contributed by atoms with E-state index >= 15 is 0 Å². The van der Waals surface area contributed by atoms with E-state index in [0.29, 0.717) is 0 Å². The van der Waals surface area contributed by atoms with Crippen LogP contribution in [-0.2, 0) is 6.42 Å². The smallest absolute Gasteiger partial charge is 0.0260 e. The van der Waals surface area contributed by atoms with E-state index in [2.05, 4.69) is 47.1 Å². The van der Waals surface area contributed by atoms with Gasteiger partial charge in [-0.3, -0.25) is 0 Å². The number of nitrogens with two attached hydrogens (primary N) is 1. The molecular weight excluding hydrogens is 262 g/mol. The lowest BCUT2D eigenvalue weighted by atomic mass is 10.0. The molecule has 0 aromatic heterocycles. The van der Waals surface area contributed by atoms with Gasteiger partial charge in [0.1, 0.15) is 0 Å². The Balaban J connectivity index is 2.09. The van der Waals surface area contributed by atoms with Crippen molar-refractivity contribution in [1.29, 1.82) is 0 Å². The topological polar surface area (TPSA) is 26.0 Å². The molecule has 1 aliphatic rings. The maximum absolute atomic E-state index is 6.20. The van der Waals surface area contributed by atoms with Crippen molar-refractivity contribution in [3.8, 4) is 0 Å². The Hall–Kier alpha value is -0.600. The summed E-state index contributed by atoms with van der Waals surface area (Å²) in [6.45, 7) is 2.21. The van der Waals surface area contributed by atoms with Gasteiger partial charge in [-0.1, -0.05) is 47.8 Å². The van der Waals surface area contributed by atoms with Crippen molar-refractivity contribution < 1.29 is 0 Å². The zero-order valence-electron chi connectivity index (χ0n) is 9.67. The molecule has 16 heavy (non-hydrogen) atoms. The van der Waals surface area contributed by atoms with Crippen LogP contribution in [-0.4, -0.2) is 6.04 Å². The summed E-state index contributed by atoms with van der Waals surface area (Å²) in [7, 11) is 0. The second-order valence-electron chi connectivity index (χ2n) is 4.49. The molecular formula is C14H18BrN. The number of hydrogen-bond donors (Lipinski definition) is 1. The van der Waals surface area contributed by atoms with Crippen molar-refractivity contribution in [2.45, 2.75) is 38.6 Å². The molecule has 1 aliphatic carbocycles. The van der Waals surface area contributed by atoms with Crippen molar-refractivity contribution >= 4 is 22.0 Å². The Morgan fingerprint density at radius 1 is 1.44 bits per heavy atom. The van der Waals surface area contributed by atoms with Crippen LogP contribution in [0.1, 0.15) is 37.3 Å². The third kappa shape index (κ3) is 2.55. The van der Waals surface area contributed by atoms with Gasteiger partial charge in [-0.2, -0.15) is 0 Å². The Morgan fingerprint density at radius 3 is 3.00 bits per heavy atom. The molecule has 0 radical (unpaired) electrons. The highest BCUT2D eigenvalue weighted by Gasteiger charge is 2.17. The van der Waals surface area contributed by atoms with Gasteiger partial charge in [0, 0.05) is 10.5 Å². The molecule has 0 saturated carbocycles. The van der Waals surface area contributed by atoms with Gasteiger partial charge in [0.05, 0.1) is 0 Å². The van der Waals surface area contributed by atoms with Crippen LogP contribution in [0, 0.1) is 0 Å². The predicted octanol–water partition coefficient (Wildman–Crippen LogP) is 3.91. The highest BCUT2D eigenvalue weighted by molar-refractivity contribution is 9.10. The fourth-order valence-electron chi connectivity index (χ4n) is 2.18. The van der Waals surface area contributed by atoms with Gasteiger partial charge >= 0.3 is 0 Å². The third-order valence-corrected chi connectivity index (χ3v) is 3.68. The zero-order chi connectivity index (χ0) is 11.5. The second-order valence-corrected chi connectivity index (χ2v) is 5.40. The summed E-state index contributed by atoms with van der Waals surface area (Å²) in [6.07, 6.45) is 6.85. The number of fused-ring (bicyclic) bond motifs is 1. The van der Waals surface area contributed by atoms with E-state index in [4.69, 9.17) is 5.73 Å². The van der Waals surface area contributed by atoms with E-state index in [1.807, 2.05) is 0 Å². The molecule has 2 N–H and O–H groups in total. The molecule has 0 aliphatic heterocycles. The van der Waals surface area contributed by atoms with E-state index in [-0.39, 0.29) is 6.04 Å². The Morgan fingerprint density at radius 2 is 2.25 bits per heavy atom. The average molecular weight is 280 g/mol. The van der Waals surface area contributed by atoms with Crippen molar-refractivity contribution in [2.24, 2.45) is 5.73 Å². The third-order valence-electron chi connectivity index (χ3n) is 3.19. The zero-order valence-corrected chi connectivity index (χ0v) is 11.3. The number of benzene rings is 1. The molecule has 0 heterocycles. The van der Waals surface area contributed by atoms with Gasteiger partial charge in [0.25, 0.3) is 0 Å². The summed E-state index contributed by atoms with van der Waals surface area (Å²) in [6, 6.07) is 6.71. The highest BCUT2D eigenvalue weighted by Crippen LogP contribution is 2.29. The first kappa shape index (κ1) is 11.9. The SMILES string of the molecule is CCCCC(N)C1=Cc2cc(Br)ccc2C1. The molecule has 0 fully saturated rings. The lowest BCUT2D eigenvalue weighted by Gasteiger charge is -2.11. The molecule has 0 spiro atoms. The van der Waals surface area contributed by atoms with Crippen LogP contribution >= 0.6 is 15.9 Å². The van der Waals surface area contributed by atoms with E-state index in [0.717, 1.165) is 17.3 Å². The first-order valence-electron chi connectivity index (χ1n) is 5.95. The maximum Gasteiger partial charge on any atom is 0.0260 e. The van der Waals surface area contributed by atoms with Gasteiger partial charge in [0.2, 0.25) is 0 Å². The lowest BCUT2D eigenvalue weighted by molar-refractivity contribution is 0.628. The van der Waals surface area contributed by atoms with Crippen LogP contribution in [0.2, 0.25) is 0 Å². The van der Waals surface area contributed by atoms with Crippen LogP contribution in [0.15, 0.2) is 28.2 Å². The van der Waals surface area contributed by atoms with Gasteiger partial charge in [-0.05, 0) is 41.7 Å². The van der Waals surface area contributed by atoms with Crippen molar-refractivity contribution in [2.75, 3.05) is 0 Å². The van der Waals surface area contributed by atoms with E-state index < -0.39 is 0 Å². The Bertz CT molecular complexity index is 409. The van der Waals surface area contributed by atoms with Crippen LogP contribution in [0.4, 0.5) is 0 Å². The molecule has 86 valence electrons. The lowest BCUT2D eigenvalue weighted by Crippen LogP contribution is -2.22.